The van der Waals surface area contributed by atoms with E-state index >= 15 is 0 Å². The zero-order chi connectivity index (χ0) is 21.9. The van der Waals surface area contributed by atoms with Crippen LogP contribution in [0.2, 0.25) is 0 Å². The van der Waals surface area contributed by atoms with Crippen LogP contribution in [0, 0.1) is 11.9 Å². The number of anilines is 1. The molecular formula is C23H24LiN3O3S-2. The molecule has 3 rings (SSSR count). The number of amides is 1. The summed E-state index contributed by atoms with van der Waals surface area (Å²) in [6.45, 7) is 3.41. The van der Waals surface area contributed by atoms with E-state index in [0.717, 1.165) is 5.56 Å². The Morgan fingerprint density at radius 3 is 2.29 bits per heavy atom. The van der Waals surface area contributed by atoms with Crippen molar-refractivity contribution in [3.8, 4) is 11.5 Å². The van der Waals surface area contributed by atoms with Gasteiger partial charge in [0.25, 0.3) is 0 Å². The summed E-state index contributed by atoms with van der Waals surface area (Å²) >= 11 is 1.48. The molecule has 3 aromatic rings. The van der Waals surface area contributed by atoms with Gasteiger partial charge in [0, 0.05) is 12.6 Å². The number of methoxy groups -OCH3 is 2. The Hall–Kier alpha value is -2.59. The molecule has 0 atom stereocenters. The second-order valence-corrected chi connectivity index (χ2v) is 6.90. The number of aromatic nitrogens is 1. The number of ether oxygens (including phenoxy) is 2. The van der Waals surface area contributed by atoms with Gasteiger partial charge in [0.2, 0.25) is 5.91 Å². The maximum atomic E-state index is 11.1. The number of hydrogen-bond donors (Lipinski definition) is 1. The molecule has 0 fully saturated rings. The third-order valence-corrected chi connectivity index (χ3v) is 4.54. The van der Waals surface area contributed by atoms with Crippen molar-refractivity contribution >= 4 is 28.6 Å². The van der Waals surface area contributed by atoms with Gasteiger partial charge in [-0.3, -0.25) is 16.1 Å². The van der Waals surface area contributed by atoms with E-state index in [9.17, 15) is 10.2 Å². The summed E-state index contributed by atoms with van der Waals surface area (Å²) in [6.07, 6.45) is 4.41. The van der Waals surface area contributed by atoms with Gasteiger partial charge in [-0.15, -0.1) is 17.3 Å². The number of carbonyl (C=O) groups is 1. The van der Waals surface area contributed by atoms with Crippen LogP contribution in [-0.4, -0.2) is 30.8 Å². The normalized spacial score (nSPS) is 9.55. The van der Waals surface area contributed by atoms with E-state index in [1.807, 2.05) is 24.8 Å². The van der Waals surface area contributed by atoms with Gasteiger partial charge in [0.15, 0.2) is 11.5 Å². The number of rotatable bonds is 7. The van der Waals surface area contributed by atoms with Gasteiger partial charge in [0.1, 0.15) is 0 Å². The average Bonchev–Trinajstić information content (AvgIpc) is 3.33. The third kappa shape index (κ3) is 7.87. The molecule has 6 nitrogen and oxygen atoms in total. The van der Waals surface area contributed by atoms with E-state index in [1.165, 1.54) is 18.3 Å². The summed E-state index contributed by atoms with van der Waals surface area (Å²) in [5.41, 5.74) is 5.75. The third-order valence-electron chi connectivity index (χ3n) is 4.08. The molecule has 0 spiro atoms. The first-order chi connectivity index (χ1) is 14.5. The minimum absolute atomic E-state index is 0. The zero-order valence-corrected chi connectivity index (χ0v) is 19.2. The average molecular weight is 429 g/mol. The van der Waals surface area contributed by atoms with E-state index in [0.29, 0.717) is 34.7 Å². The summed E-state index contributed by atoms with van der Waals surface area (Å²) in [4.78, 5) is 14.7. The van der Waals surface area contributed by atoms with Gasteiger partial charge in [-0.05, 0) is 40.9 Å². The molecule has 2 aromatic carbocycles. The van der Waals surface area contributed by atoms with Crippen molar-refractivity contribution in [1.82, 2.24) is 4.98 Å². The topological polar surface area (TPSA) is 82.8 Å². The Labute approximate surface area is 199 Å². The van der Waals surface area contributed by atoms with Gasteiger partial charge >= 0.3 is 18.9 Å². The largest absolute Gasteiger partial charge is 1.00 e. The van der Waals surface area contributed by atoms with Crippen LogP contribution in [0.4, 0.5) is 5.69 Å². The summed E-state index contributed by atoms with van der Waals surface area (Å²) in [6, 6.07) is 10.7. The molecular weight excluding hydrogens is 405 g/mol. The summed E-state index contributed by atoms with van der Waals surface area (Å²) in [5, 5.41) is 15.4. The Balaban J connectivity index is 0.000000701. The quantitative estimate of drug-likeness (QED) is 0.353. The minimum atomic E-state index is -0.137. The Kier molecular flexibility index (Phi) is 11.7. The monoisotopic (exact) mass is 429 g/mol. The number of thiazole rings is 1. The molecule has 0 radical (unpaired) electrons. The molecule has 0 bridgehead atoms. The second kappa shape index (κ2) is 13.7. The maximum Gasteiger partial charge on any atom is 1.00 e. The summed E-state index contributed by atoms with van der Waals surface area (Å²) in [5.74, 6) is 1.04. The zero-order valence-electron chi connectivity index (χ0n) is 18.4. The SMILES string of the molecule is C[CH-]Cc1cc(OC)c(OC)cc1C(=[N-])c1ccc(NC(C)=O)cc1.[Li+].[c-]1nccs1. The summed E-state index contributed by atoms with van der Waals surface area (Å²) < 4.78 is 10.7. The van der Waals surface area contributed by atoms with Crippen molar-refractivity contribution in [2.75, 3.05) is 19.5 Å². The van der Waals surface area contributed by atoms with Crippen molar-refractivity contribution in [1.29, 1.82) is 0 Å². The van der Waals surface area contributed by atoms with E-state index in [4.69, 9.17) is 9.47 Å². The molecule has 1 amide bonds. The van der Waals surface area contributed by atoms with Crippen LogP contribution < -0.4 is 33.7 Å². The Morgan fingerprint density at radius 1 is 1.19 bits per heavy atom. The second-order valence-electron chi connectivity index (χ2n) is 6.21. The number of hydrogen-bond acceptors (Lipinski definition) is 5. The molecule has 0 aliphatic carbocycles. The van der Waals surface area contributed by atoms with Gasteiger partial charge in [-0.25, -0.2) is 0 Å². The van der Waals surface area contributed by atoms with Crippen LogP contribution in [0.15, 0.2) is 48.0 Å². The maximum absolute atomic E-state index is 11.1. The smallest absolute Gasteiger partial charge is 0.803 e. The molecule has 1 N–H and O–H groups in total. The van der Waals surface area contributed by atoms with Crippen LogP contribution in [0.1, 0.15) is 30.5 Å². The van der Waals surface area contributed by atoms with Gasteiger partial charge < -0.3 is 31.6 Å². The molecule has 0 aliphatic rings. The predicted octanol–water partition coefficient (Wildman–Crippen LogP) is 1.78. The molecule has 1 heterocycles. The van der Waals surface area contributed by atoms with Gasteiger partial charge in [0.05, 0.1) is 14.2 Å². The number of benzene rings is 2. The molecule has 1 aromatic heterocycles. The van der Waals surface area contributed by atoms with Crippen LogP contribution in [-0.2, 0) is 11.2 Å². The fourth-order valence-corrected chi connectivity index (χ4v) is 3.06. The molecule has 0 saturated carbocycles. The number of nitrogens with zero attached hydrogens (tertiary/aromatic N) is 2. The minimum Gasteiger partial charge on any atom is -0.803 e. The van der Waals surface area contributed by atoms with Gasteiger partial charge in [-0.1, -0.05) is 17.7 Å². The molecule has 158 valence electrons. The Bertz CT molecular complexity index is 944. The van der Waals surface area contributed by atoms with Crippen molar-refractivity contribution in [3.63, 3.8) is 0 Å². The van der Waals surface area contributed by atoms with Crippen LogP contribution in [0.5, 0.6) is 11.5 Å². The van der Waals surface area contributed by atoms with Crippen LogP contribution in [0.25, 0.3) is 5.41 Å². The predicted molar refractivity (Wildman–Crippen MR) is 121 cm³/mol. The van der Waals surface area contributed by atoms with E-state index in [2.05, 4.69) is 15.8 Å². The number of nitrogens with one attached hydrogen (secondary N) is 1. The van der Waals surface area contributed by atoms with E-state index in [-0.39, 0.29) is 30.5 Å². The first-order valence-corrected chi connectivity index (χ1v) is 10.1. The molecule has 8 heteroatoms. The Morgan fingerprint density at radius 2 is 1.84 bits per heavy atom. The van der Waals surface area contributed by atoms with Crippen molar-refractivity contribution < 1.29 is 33.1 Å². The van der Waals surface area contributed by atoms with Crippen molar-refractivity contribution in [2.45, 2.75) is 20.3 Å². The molecule has 31 heavy (non-hydrogen) atoms. The molecule has 0 unspecified atom stereocenters. The number of carbonyl (C=O) groups excluding carboxylic acids is 1. The van der Waals surface area contributed by atoms with E-state index in [1.54, 1.807) is 50.7 Å². The first kappa shape index (κ1) is 26.4. The van der Waals surface area contributed by atoms with E-state index < -0.39 is 0 Å². The molecule has 0 aliphatic heterocycles. The van der Waals surface area contributed by atoms with Gasteiger partial charge in [-0.2, -0.15) is 13.3 Å². The standard InChI is InChI=1S/C20H22N2O3.C3H2NS.Li/c1-5-6-15-11-18(24-3)19(25-4)12-17(15)20(21)14-7-9-16(10-8-14)22-13(2)23;1-2-5-3-4-1;/h5,7-12H,6H2,1-4H3,(H,22,23);1-2H;/q-2;-1;+1. The van der Waals surface area contributed by atoms with Crippen molar-refractivity contribution in [3.05, 3.63) is 82.0 Å². The molecule has 0 saturated heterocycles. The fourth-order valence-electron chi connectivity index (χ4n) is 2.75. The first-order valence-electron chi connectivity index (χ1n) is 9.22. The van der Waals surface area contributed by atoms with Crippen LogP contribution >= 0.6 is 11.3 Å². The van der Waals surface area contributed by atoms with Crippen molar-refractivity contribution in [2.24, 2.45) is 0 Å². The van der Waals surface area contributed by atoms with Crippen LogP contribution in [0.3, 0.4) is 0 Å². The summed E-state index contributed by atoms with van der Waals surface area (Å²) in [7, 11) is 3.15. The fraction of sp³-hybridized carbons (Fsp3) is 0.217.